The number of hydrogen-bond acceptors (Lipinski definition) is 5. The van der Waals surface area contributed by atoms with Gasteiger partial charge in [0.05, 0.1) is 12.5 Å². The number of fused-ring (bicyclic) bond motifs is 7. The van der Waals surface area contributed by atoms with Gasteiger partial charge in [-0.2, -0.15) is 0 Å². The maximum Gasteiger partial charge on any atom is 0.322 e. The molecular formula is C37H60N2O4. The number of allylic oxidation sites excluding steroid dienone is 1. The molecule has 0 radical (unpaired) electrons. The summed E-state index contributed by atoms with van der Waals surface area (Å²) in [6, 6.07) is -0.597. The third kappa shape index (κ3) is 4.77. The fourth-order valence-corrected chi connectivity index (χ4v) is 12.5. The maximum absolute atomic E-state index is 14.2. The van der Waals surface area contributed by atoms with Crippen LogP contribution in [-0.4, -0.2) is 37.4 Å². The smallest absolute Gasteiger partial charge is 0.322 e. The molecule has 0 bridgehead atoms. The molecule has 5 fully saturated rings. The Morgan fingerprint density at radius 2 is 1.67 bits per heavy atom. The van der Waals surface area contributed by atoms with Crippen molar-refractivity contribution in [2.75, 3.05) is 13.7 Å². The lowest BCUT2D eigenvalue weighted by molar-refractivity contribution is -0.233. The van der Waals surface area contributed by atoms with E-state index in [9.17, 15) is 14.4 Å². The van der Waals surface area contributed by atoms with E-state index in [1.54, 1.807) is 0 Å². The number of hydrogen-bond donors (Lipinski definition) is 2. The number of nitrogens with one attached hydrogen (secondary N) is 1. The molecule has 6 nitrogen and oxygen atoms in total. The standard InChI is InChI=1S/C37H60N2O4/c1-23(2)24-14-19-37(32(42)39-22-10-9-11-26(38)31(41)43-8)21-20-35(6)25(30(24)37)12-13-28-34(5)17-16-29(40)33(3,4)27(34)15-18-36(28,35)7/h24-28,30H,1,9-22,38H2,2-8H3,(H,39,42)/t24?,25-,26?,27+,28-,30?,34+,35-,36-,37?/m1/s1. The molecule has 242 valence electrons. The quantitative estimate of drug-likeness (QED) is 0.179. The number of amides is 1. The monoisotopic (exact) mass is 596 g/mol. The Morgan fingerprint density at radius 1 is 0.953 bits per heavy atom. The fourth-order valence-electron chi connectivity index (χ4n) is 12.5. The van der Waals surface area contributed by atoms with Crippen molar-refractivity contribution in [2.24, 2.45) is 62.4 Å². The lowest BCUT2D eigenvalue weighted by atomic mass is 9.32. The van der Waals surface area contributed by atoms with E-state index >= 15 is 0 Å². The molecule has 43 heavy (non-hydrogen) atoms. The third-order valence-corrected chi connectivity index (χ3v) is 15.0. The third-order valence-electron chi connectivity index (χ3n) is 15.0. The summed E-state index contributed by atoms with van der Waals surface area (Å²) >= 11 is 0. The normalized spacial score (nSPS) is 43.8. The first-order valence-electron chi connectivity index (χ1n) is 17.4. The molecule has 3 N–H and O–H groups in total. The van der Waals surface area contributed by atoms with Crippen LogP contribution in [0.25, 0.3) is 0 Å². The number of Topliss-reactive ketones (excluding diaryl/α,β-unsaturated/α-hetero) is 1. The highest BCUT2D eigenvalue weighted by Gasteiger charge is 2.71. The molecule has 5 saturated carbocycles. The van der Waals surface area contributed by atoms with Crippen molar-refractivity contribution in [3.8, 4) is 0 Å². The van der Waals surface area contributed by atoms with Crippen LogP contribution in [0.2, 0.25) is 0 Å². The average molecular weight is 597 g/mol. The van der Waals surface area contributed by atoms with E-state index in [1.807, 2.05) is 0 Å². The van der Waals surface area contributed by atoms with Gasteiger partial charge in [-0.25, -0.2) is 0 Å². The molecule has 10 atom stereocenters. The van der Waals surface area contributed by atoms with Crippen molar-refractivity contribution in [3.05, 3.63) is 12.2 Å². The van der Waals surface area contributed by atoms with Gasteiger partial charge in [0.2, 0.25) is 5.91 Å². The largest absolute Gasteiger partial charge is 0.468 e. The number of rotatable bonds is 8. The zero-order chi connectivity index (χ0) is 31.6. The van der Waals surface area contributed by atoms with Gasteiger partial charge in [0, 0.05) is 18.4 Å². The molecule has 0 aromatic rings. The number of ether oxygens (including phenoxy) is 1. The van der Waals surface area contributed by atoms with Crippen LogP contribution in [0, 0.1) is 56.7 Å². The van der Waals surface area contributed by atoms with Crippen molar-refractivity contribution in [2.45, 2.75) is 131 Å². The summed E-state index contributed by atoms with van der Waals surface area (Å²) in [5.41, 5.74) is 7.19. The first-order valence-corrected chi connectivity index (χ1v) is 17.4. The minimum absolute atomic E-state index is 0.173. The van der Waals surface area contributed by atoms with Crippen LogP contribution in [0.3, 0.4) is 0 Å². The Balaban J connectivity index is 1.37. The molecule has 1 amide bonds. The highest BCUT2D eigenvalue weighted by Crippen LogP contribution is 2.77. The van der Waals surface area contributed by atoms with E-state index in [-0.39, 0.29) is 39.0 Å². The molecule has 5 aliphatic carbocycles. The molecule has 5 rings (SSSR count). The van der Waals surface area contributed by atoms with Crippen molar-refractivity contribution >= 4 is 17.7 Å². The summed E-state index contributed by atoms with van der Waals surface area (Å²) in [4.78, 5) is 39.0. The van der Waals surface area contributed by atoms with E-state index in [0.717, 1.165) is 57.8 Å². The number of unbranched alkanes of at least 4 members (excludes halogenated alkanes) is 1. The van der Waals surface area contributed by atoms with Crippen molar-refractivity contribution in [3.63, 3.8) is 0 Å². The van der Waals surface area contributed by atoms with E-state index in [1.165, 1.54) is 31.9 Å². The summed E-state index contributed by atoms with van der Waals surface area (Å²) in [5, 5.41) is 3.36. The minimum atomic E-state index is -0.597. The molecule has 6 heteroatoms. The van der Waals surface area contributed by atoms with Crippen LogP contribution in [0.1, 0.15) is 125 Å². The van der Waals surface area contributed by atoms with E-state index < -0.39 is 6.04 Å². The lowest BCUT2D eigenvalue weighted by Crippen LogP contribution is -2.67. The Bertz CT molecular complexity index is 1150. The second kappa shape index (κ2) is 11.3. The van der Waals surface area contributed by atoms with E-state index in [0.29, 0.717) is 48.3 Å². The summed E-state index contributed by atoms with van der Waals surface area (Å²) in [5.74, 6) is 2.66. The van der Waals surface area contributed by atoms with Crippen LogP contribution in [0.5, 0.6) is 0 Å². The SMILES string of the molecule is C=C(C)C1CCC2(C(=O)NCCCCC(N)C(=O)OC)CC[C@]3(C)[C@H](CC[C@@H]4[C@@]5(C)CCC(=O)C(C)(C)[C@@H]5CC[C@]43C)C12. The van der Waals surface area contributed by atoms with Crippen molar-refractivity contribution in [1.29, 1.82) is 0 Å². The topological polar surface area (TPSA) is 98.5 Å². The number of carbonyl (C=O) groups excluding carboxylic acids is 3. The number of methoxy groups -OCH3 is 1. The van der Waals surface area contributed by atoms with Crippen molar-refractivity contribution in [1.82, 2.24) is 5.32 Å². The highest BCUT2D eigenvalue weighted by atomic mass is 16.5. The molecule has 0 spiro atoms. The van der Waals surface area contributed by atoms with Gasteiger partial charge in [0.1, 0.15) is 11.8 Å². The number of ketones is 1. The minimum Gasteiger partial charge on any atom is -0.468 e. The van der Waals surface area contributed by atoms with Gasteiger partial charge in [-0.1, -0.05) is 46.8 Å². The van der Waals surface area contributed by atoms with Crippen LogP contribution in [-0.2, 0) is 19.1 Å². The Labute approximate surface area is 261 Å². The summed E-state index contributed by atoms with van der Waals surface area (Å²) in [6.07, 6.45) is 12.7. The zero-order valence-electron chi connectivity index (χ0n) is 28.3. The van der Waals surface area contributed by atoms with Gasteiger partial charge in [-0.15, -0.1) is 0 Å². The van der Waals surface area contributed by atoms with E-state index in [2.05, 4.69) is 53.4 Å². The van der Waals surface area contributed by atoms with Crippen LogP contribution >= 0.6 is 0 Å². The number of esters is 1. The second-order valence-electron chi connectivity index (χ2n) is 16.9. The fraction of sp³-hybridized carbons (Fsp3) is 0.865. The molecule has 0 heterocycles. The zero-order valence-corrected chi connectivity index (χ0v) is 28.3. The lowest BCUT2D eigenvalue weighted by Gasteiger charge is -2.72. The van der Waals surface area contributed by atoms with Crippen LogP contribution in [0.4, 0.5) is 0 Å². The van der Waals surface area contributed by atoms with Crippen LogP contribution in [0.15, 0.2) is 12.2 Å². The van der Waals surface area contributed by atoms with Gasteiger partial charge < -0.3 is 15.8 Å². The van der Waals surface area contributed by atoms with Crippen molar-refractivity contribution < 1.29 is 19.1 Å². The van der Waals surface area contributed by atoms with Gasteiger partial charge in [-0.3, -0.25) is 14.4 Å². The average Bonchev–Trinajstić information content (AvgIpc) is 3.36. The first kappa shape index (κ1) is 32.7. The number of carbonyl (C=O) groups is 3. The van der Waals surface area contributed by atoms with Crippen LogP contribution < -0.4 is 11.1 Å². The predicted molar refractivity (Wildman–Crippen MR) is 171 cm³/mol. The van der Waals surface area contributed by atoms with E-state index in [4.69, 9.17) is 10.5 Å². The van der Waals surface area contributed by atoms with Gasteiger partial charge in [0.25, 0.3) is 0 Å². The predicted octanol–water partition coefficient (Wildman–Crippen LogP) is 7.00. The second-order valence-corrected chi connectivity index (χ2v) is 16.9. The van der Waals surface area contributed by atoms with Gasteiger partial charge in [-0.05, 0) is 130 Å². The summed E-state index contributed by atoms with van der Waals surface area (Å²) < 4.78 is 4.74. The van der Waals surface area contributed by atoms with Gasteiger partial charge >= 0.3 is 5.97 Å². The number of nitrogens with two attached hydrogens (primary N) is 1. The Morgan fingerprint density at radius 3 is 2.35 bits per heavy atom. The summed E-state index contributed by atoms with van der Waals surface area (Å²) in [7, 11) is 1.37. The molecule has 0 aromatic heterocycles. The van der Waals surface area contributed by atoms with Gasteiger partial charge in [0.15, 0.2) is 0 Å². The molecule has 4 unspecified atom stereocenters. The summed E-state index contributed by atoms with van der Waals surface area (Å²) in [6.45, 7) is 19.5. The molecule has 0 aromatic carbocycles. The Hall–Kier alpha value is -1.69. The first-order chi connectivity index (χ1) is 20.1. The molecular weight excluding hydrogens is 536 g/mol. The molecule has 5 aliphatic rings. The highest BCUT2D eigenvalue weighted by molar-refractivity contribution is 5.85. The Kier molecular flexibility index (Phi) is 8.58. The maximum atomic E-state index is 14.2. The molecule has 0 saturated heterocycles. The molecule has 0 aliphatic heterocycles.